The highest BCUT2D eigenvalue weighted by Crippen LogP contribution is 2.28. The lowest BCUT2D eigenvalue weighted by atomic mass is 9.84. The van der Waals surface area contributed by atoms with E-state index in [0.717, 1.165) is 6.42 Å². The fraction of sp³-hybridized carbons (Fsp3) is 0.857. The molecule has 6 heteroatoms. The molecule has 2 atom stereocenters. The van der Waals surface area contributed by atoms with Crippen molar-refractivity contribution in [2.24, 2.45) is 11.1 Å². The Kier molecular flexibility index (Phi) is 5.95. The molecule has 0 aromatic rings. The van der Waals surface area contributed by atoms with E-state index >= 15 is 0 Å². The van der Waals surface area contributed by atoms with Gasteiger partial charge in [0.05, 0.1) is 6.10 Å². The average Bonchev–Trinajstić information content (AvgIpc) is 2.80. The van der Waals surface area contributed by atoms with Gasteiger partial charge in [-0.1, -0.05) is 13.8 Å². The highest BCUT2D eigenvalue weighted by molar-refractivity contribution is 5.84. The normalized spacial score (nSPS) is 23.1. The van der Waals surface area contributed by atoms with Gasteiger partial charge < -0.3 is 20.5 Å². The third kappa shape index (κ3) is 4.45. The van der Waals surface area contributed by atoms with Crippen molar-refractivity contribution < 1.29 is 19.4 Å². The number of nitrogens with two attached hydrogens (primary N) is 1. The van der Waals surface area contributed by atoms with Gasteiger partial charge in [0.2, 0.25) is 5.91 Å². The van der Waals surface area contributed by atoms with Crippen LogP contribution in [0, 0.1) is 5.41 Å². The lowest BCUT2D eigenvalue weighted by Gasteiger charge is -2.26. The molecule has 2 unspecified atom stereocenters. The van der Waals surface area contributed by atoms with Gasteiger partial charge in [-0.05, 0) is 24.8 Å². The molecule has 1 aliphatic rings. The first-order valence-corrected chi connectivity index (χ1v) is 7.06. The Hall–Kier alpha value is -1.14. The van der Waals surface area contributed by atoms with Crippen LogP contribution in [0.15, 0.2) is 0 Å². The maximum absolute atomic E-state index is 12.2. The van der Waals surface area contributed by atoms with Crippen molar-refractivity contribution >= 4 is 11.9 Å². The lowest BCUT2D eigenvalue weighted by molar-refractivity contribution is -0.148. The van der Waals surface area contributed by atoms with E-state index in [1.165, 1.54) is 4.90 Å². The minimum Gasteiger partial charge on any atom is -0.480 e. The second-order valence-electron chi connectivity index (χ2n) is 6.20. The average molecular weight is 286 g/mol. The predicted octanol–water partition coefficient (Wildman–Crippen LogP) is 0.842. The molecule has 0 bridgehead atoms. The van der Waals surface area contributed by atoms with Gasteiger partial charge in [0.1, 0.15) is 6.04 Å². The van der Waals surface area contributed by atoms with Gasteiger partial charge in [-0.2, -0.15) is 0 Å². The number of carboxylic acid groups (broad SMARTS) is 1. The molecule has 0 spiro atoms. The Labute approximate surface area is 120 Å². The number of nitrogens with zero attached hydrogens (tertiary/aromatic N) is 1. The number of amides is 1. The van der Waals surface area contributed by atoms with Crippen LogP contribution in [-0.2, 0) is 14.3 Å². The van der Waals surface area contributed by atoms with Crippen molar-refractivity contribution in [2.75, 3.05) is 20.2 Å². The minimum absolute atomic E-state index is 0.00348. The SMILES string of the molecule is COC1CC(C(=O)O)N(C(=O)CCC(C)(C)CCN)C1. The van der Waals surface area contributed by atoms with Crippen molar-refractivity contribution in [3.05, 3.63) is 0 Å². The minimum atomic E-state index is -0.959. The maximum atomic E-state index is 12.2. The van der Waals surface area contributed by atoms with Crippen molar-refractivity contribution in [3.63, 3.8) is 0 Å². The van der Waals surface area contributed by atoms with E-state index in [4.69, 9.17) is 10.5 Å². The van der Waals surface area contributed by atoms with Gasteiger partial charge in [-0.15, -0.1) is 0 Å². The molecule has 3 N–H and O–H groups in total. The summed E-state index contributed by atoms with van der Waals surface area (Å²) in [5, 5.41) is 9.19. The van der Waals surface area contributed by atoms with E-state index in [-0.39, 0.29) is 17.4 Å². The van der Waals surface area contributed by atoms with E-state index in [1.807, 2.05) is 0 Å². The van der Waals surface area contributed by atoms with Gasteiger partial charge in [0.25, 0.3) is 0 Å². The molecule has 1 heterocycles. The topological polar surface area (TPSA) is 92.9 Å². The summed E-state index contributed by atoms with van der Waals surface area (Å²) in [5.41, 5.74) is 5.56. The number of hydrogen-bond donors (Lipinski definition) is 2. The summed E-state index contributed by atoms with van der Waals surface area (Å²) in [7, 11) is 1.54. The van der Waals surface area contributed by atoms with Gasteiger partial charge in [0, 0.05) is 26.5 Å². The van der Waals surface area contributed by atoms with Crippen LogP contribution in [0.4, 0.5) is 0 Å². The Morgan fingerprint density at radius 1 is 1.40 bits per heavy atom. The molecule has 20 heavy (non-hydrogen) atoms. The van der Waals surface area contributed by atoms with E-state index in [2.05, 4.69) is 13.8 Å². The monoisotopic (exact) mass is 286 g/mol. The van der Waals surface area contributed by atoms with Crippen LogP contribution in [0.1, 0.15) is 39.5 Å². The standard InChI is InChI=1S/C14H26N2O4/c1-14(2,6-7-15)5-4-12(17)16-9-10(20-3)8-11(16)13(18)19/h10-11H,4-9,15H2,1-3H3,(H,18,19). The number of likely N-dealkylation sites (tertiary alicyclic amines) is 1. The summed E-state index contributed by atoms with van der Waals surface area (Å²) in [6, 6.07) is -0.759. The Morgan fingerprint density at radius 3 is 2.55 bits per heavy atom. The first kappa shape index (κ1) is 16.9. The summed E-state index contributed by atoms with van der Waals surface area (Å²) < 4.78 is 5.18. The van der Waals surface area contributed by atoms with Crippen LogP contribution in [-0.4, -0.2) is 54.2 Å². The zero-order valence-electron chi connectivity index (χ0n) is 12.6. The predicted molar refractivity (Wildman–Crippen MR) is 75.2 cm³/mol. The molecule has 6 nitrogen and oxygen atoms in total. The van der Waals surface area contributed by atoms with E-state index < -0.39 is 12.0 Å². The summed E-state index contributed by atoms with van der Waals surface area (Å²) in [6.07, 6.45) is 2.10. The highest BCUT2D eigenvalue weighted by Gasteiger charge is 2.39. The van der Waals surface area contributed by atoms with Gasteiger partial charge >= 0.3 is 5.97 Å². The number of hydrogen-bond acceptors (Lipinski definition) is 4. The number of carbonyl (C=O) groups is 2. The van der Waals surface area contributed by atoms with Crippen molar-refractivity contribution in [3.8, 4) is 0 Å². The van der Waals surface area contributed by atoms with Crippen LogP contribution >= 0.6 is 0 Å². The zero-order chi connectivity index (χ0) is 15.3. The Bertz CT molecular complexity index is 357. The maximum Gasteiger partial charge on any atom is 0.326 e. The van der Waals surface area contributed by atoms with Crippen molar-refractivity contribution in [1.29, 1.82) is 0 Å². The molecule has 1 saturated heterocycles. The number of methoxy groups -OCH3 is 1. The molecule has 1 fully saturated rings. The van der Waals surface area contributed by atoms with E-state index in [0.29, 0.717) is 32.4 Å². The molecule has 0 aliphatic carbocycles. The number of carbonyl (C=O) groups excluding carboxylic acids is 1. The molecular formula is C14H26N2O4. The molecule has 0 saturated carbocycles. The number of rotatable bonds is 7. The molecular weight excluding hydrogens is 260 g/mol. The smallest absolute Gasteiger partial charge is 0.326 e. The molecule has 0 radical (unpaired) electrons. The van der Waals surface area contributed by atoms with Crippen LogP contribution in [0.5, 0.6) is 0 Å². The molecule has 0 aromatic carbocycles. The summed E-state index contributed by atoms with van der Waals surface area (Å²) in [6.45, 7) is 5.10. The lowest BCUT2D eigenvalue weighted by Crippen LogP contribution is -2.41. The fourth-order valence-corrected chi connectivity index (χ4v) is 2.58. The van der Waals surface area contributed by atoms with Gasteiger partial charge in [-0.3, -0.25) is 4.79 Å². The second-order valence-corrected chi connectivity index (χ2v) is 6.20. The highest BCUT2D eigenvalue weighted by atomic mass is 16.5. The first-order chi connectivity index (χ1) is 9.30. The van der Waals surface area contributed by atoms with Gasteiger partial charge in [0.15, 0.2) is 0 Å². The zero-order valence-corrected chi connectivity index (χ0v) is 12.6. The molecule has 116 valence electrons. The summed E-state index contributed by atoms with van der Waals surface area (Å²) in [5.74, 6) is -1.07. The van der Waals surface area contributed by atoms with Crippen LogP contribution < -0.4 is 5.73 Å². The third-order valence-electron chi connectivity index (χ3n) is 4.04. The van der Waals surface area contributed by atoms with Gasteiger partial charge in [-0.25, -0.2) is 4.79 Å². The van der Waals surface area contributed by atoms with Crippen LogP contribution in [0.2, 0.25) is 0 Å². The fourth-order valence-electron chi connectivity index (χ4n) is 2.58. The largest absolute Gasteiger partial charge is 0.480 e. The quantitative estimate of drug-likeness (QED) is 0.723. The number of carboxylic acids is 1. The van der Waals surface area contributed by atoms with E-state index in [1.54, 1.807) is 7.11 Å². The first-order valence-electron chi connectivity index (χ1n) is 7.06. The van der Waals surface area contributed by atoms with Crippen molar-refractivity contribution in [2.45, 2.75) is 51.7 Å². The third-order valence-corrected chi connectivity index (χ3v) is 4.04. The summed E-state index contributed by atoms with van der Waals surface area (Å²) >= 11 is 0. The molecule has 1 rings (SSSR count). The van der Waals surface area contributed by atoms with Crippen molar-refractivity contribution in [1.82, 2.24) is 4.90 Å². The number of ether oxygens (including phenoxy) is 1. The second kappa shape index (κ2) is 7.04. The number of aliphatic carboxylic acids is 1. The Balaban J connectivity index is 2.59. The molecule has 1 amide bonds. The molecule has 1 aliphatic heterocycles. The van der Waals surface area contributed by atoms with Crippen LogP contribution in [0.25, 0.3) is 0 Å². The Morgan fingerprint density at radius 2 is 2.05 bits per heavy atom. The van der Waals surface area contributed by atoms with Crippen LogP contribution in [0.3, 0.4) is 0 Å². The molecule has 0 aromatic heterocycles. The van der Waals surface area contributed by atoms with E-state index in [9.17, 15) is 14.7 Å². The summed E-state index contributed by atoms with van der Waals surface area (Å²) in [4.78, 5) is 24.9.